The predicted octanol–water partition coefficient (Wildman–Crippen LogP) is 0.827. The number of hydrogen-bond acceptors (Lipinski definition) is 3. The van der Waals surface area contributed by atoms with E-state index in [1.54, 1.807) is 24.3 Å². The minimum atomic E-state index is -1.14. The zero-order valence-electron chi connectivity index (χ0n) is 8.09. The fourth-order valence-corrected chi connectivity index (χ4v) is 1.64. The van der Waals surface area contributed by atoms with Gasteiger partial charge in [0.15, 0.2) is 6.23 Å². The molecule has 4 nitrogen and oxygen atoms in total. The van der Waals surface area contributed by atoms with Crippen LogP contribution in [-0.2, 0) is 9.59 Å². The maximum Gasteiger partial charge on any atom is 0.232 e. The third-order valence-corrected chi connectivity index (χ3v) is 2.43. The molecule has 1 aliphatic heterocycles. The second kappa shape index (κ2) is 3.82. The molecule has 1 unspecified atom stereocenters. The van der Waals surface area contributed by atoms with Crippen LogP contribution in [0.4, 0.5) is 0 Å². The number of carbonyl (C=O) groups excluding carboxylic acids is 2. The molecule has 2 rings (SSSR count). The zero-order chi connectivity index (χ0) is 10.8. The first-order chi connectivity index (χ1) is 7.20. The number of carbonyl (C=O) groups is 2. The predicted molar refractivity (Wildman–Crippen MR) is 52.5 cm³/mol. The molecule has 1 N–H and O–H groups in total. The molecule has 0 spiro atoms. The SMILES string of the molecule is O=C1CCC(=O)N1C(O)c1ccccc1. The van der Waals surface area contributed by atoms with Crippen LogP contribution in [0.15, 0.2) is 30.3 Å². The van der Waals surface area contributed by atoms with Crippen molar-refractivity contribution in [1.82, 2.24) is 4.90 Å². The van der Waals surface area contributed by atoms with E-state index in [4.69, 9.17) is 0 Å². The Balaban J connectivity index is 2.24. The van der Waals surface area contributed by atoms with Crippen LogP contribution in [0.25, 0.3) is 0 Å². The van der Waals surface area contributed by atoms with Crippen LogP contribution in [0, 0.1) is 0 Å². The summed E-state index contributed by atoms with van der Waals surface area (Å²) in [5.41, 5.74) is 0.557. The Hall–Kier alpha value is -1.68. The van der Waals surface area contributed by atoms with Crippen molar-refractivity contribution in [2.24, 2.45) is 0 Å². The molecule has 1 aromatic rings. The standard InChI is InChI=1S/C11H11NO3/c13-9-6-7-10(14)12(9)11(15)8-4-2-1-3-5-8/h1-5,11,15H,6-7H2. The second-order valence-electron chi connectivity index (χ2n) is 3.44. The van der Waals surface area contributed by atoms with E-state index < -0.39 is 6.23 Å². The fraction of sp³-hybridized carbons (Fsp3) is 0.273. The highest BCUT2D eigenvalue weighted by atomic mass is 16.3. The van der Waals surface area contributed by atoms with Gasteiger partial charge >= 0.3 is 0 Å². The summed E-state index contributed by atoms with van der Waals surface area (Å²) in [6, 6.07) is 8.68. The van der Waals surface area contributed by atoms with Crippen molar-refractivity contribution in [1.29, 1.82) is 0 Å². The largest absolute Gasteiger partial charge is 0.369 e. The molecule has 1 aliphatic rings. The first-order valence-electron chi connectivity index (χ1n) is 4.78. The normalized spacial score (nSPS) is 18.3. The summed E-state index contributed by atoms with van der Waals surface area (Å²) in [4.78, 5) is 23.6. The average molecular weight is 205 g/mol. The van der Waals surface area contributed by atoms with Crippen LogP contribution in [0.5, 0.6) is 0 Å². The Labute approximate surface area is 87.1 Å². The summed E-state index contributed by atoms with van der Waals surface area (Å²) >= 11 is 0. The molecular weight excluding hydrogens is 194 g/mol. The van der Waals surface area contributed by atoms with Crippen LogP contribution in [0.2, 0.25) is 0 Å². The Morgan fingerprint density at radius 3 is 2.13 bits per heavy atom. The third-order valence-electron chi connectivity index (χ3n) is 2.43. The molecule has 0 bridgehead atoms. The highest BCUT2D eigenvalue weighted by Crippen LogP contribution is 2.24. The third kappa shape index (κ3) is 1.76. The monoisotopic (exact) mass is 205 g/mol. The molecule has 1 heterocycles. The molecule has 0 radical (unpaired) electrons. The van der Waals surface area contributed by atoms with Gasteiger partial charge in [0.25, 0.3) is 0 Å². The topological polar surface area (TPSA) is 57.6 Å². The van der Waals surface area contributed by atoms with Gasteiger partial charge in [-0.2, -0.15) is 0 Å². The number of imide groups is 1. The van der Waals surface area contributed by atoms with E-state index in [0.717, 1.165) is 4.90 Å². The van der Waals surface area contributed by atoms with Crippen molar-refractivity contribution in [2.45, 2.75) is 19.1 Å². The molecule has 2 amide bonds. The van der Waals surface area contributed by atoms with Crippen molar-refractivity contribution >= 4 is 11.8 Å². The summed E-state index contributed by atoms with van der Waals surface area (Å²) in [7, 11) is 0. The molecule has 1 saturated heterocycles. The van der Waals surface area contributed by atoms with Gasteiger partial charge in [-0.15, -0.1) is 0 Å². The van der Waals surface area contributed by atoms with E-state index in [1.165, 1.54) is 0 Å². The van der Waals surface area contributed by atoms with Gasteiger partial charge in [0.2, 0.25) is 11.8 Å². The second-order valence-corrected chi connectivity index (χ2v) is 3.44. The number of likely N-dealkylation sites (tertiary alicyclic amines) is 1. The van der Waals surface area contributed by atoms with Crippen molar-refractivity contribution in [3.05, 3.63) is 35.9 Å². The number of aliphatic hydroxyl groups excluding tert-OH is 1. The molecule has 4 heteroatoms. The lowest BCUT2D eigenvalue weighted by Crippen LogP contribution is -2.33. The van der Waals surface area contributed by atoms with Gasteiger partial charge in [-0.25, -0.2) is 0 Å². The van der Waals surface area contributed by atoms with Gasteiger partial charge in [0, 0.05) is 18.4 Å². The molecule has 1 atom stereocenters. The highest BCUT2D eigenvalue weighted by molar-refractivity contribution is 6.02. The minimum absolute atomic E-state index is 0.197. The van der Waals surface area contributed by atoms with Crippen LogP contribution < -0.4 is 0 Å². The van der Waals surface area contributed by atoms with Crippen LogP contribution in [0.3, 0.4) is 0 Å². The highest BCUT2D eigenvalue weighted by Gasteiger charge is 2.34. The van der Waals surface area contributed by atoms with Crippen molar-refractivity contribution in [3.63, 3.8) is 0 Å². The lowest BCUT2D eigenvalue weighted by Gasteiger charge is -2.21. The van der Waals surface area contributed by atoms with Gasteiger partial charge < -0.3 is 5.11 Å². The number of amides is 2. The average Bonchev–Trinajstić information content (AvgIpc) is 2.59. The molecule has 0 aromatic heterocycles. The van der Waals surface area contributed by atoms with E-state index in [0.29, 0.717) is 5.56 Å². The molecular formula is C11H11NO3. The van der Waals surface area contributed by atoms with Crippen LogP contribution in [-0.4, -0.2) is 21.8 Å². The number of aliphatic hydroxyl groups is 1. The zero-order valence-corrected chi connectivity index (χ0v) is 8.09. The summed E-state index contributed by atoms with van der Waals surface area (Å²) in [5, 5.41) is 9.85. The molecule has 1 aromatic carbocycles. The summed E-state index contributed by atoms with van der Waals surface area (Å²) in [6.07, 6.45) is -0.750. The van der Waals surface area contributed by atoms with Crippen LogP contribution in [0.1, 0.15) is 24.6 Å². The summed E-state index contributed by atoms with van der Waals surface area (Å²) in [5.74, 6) is -0.618. The fourth-order valence-electron chi connectivity index (χ4n) is 1.64. The summed E-state index contributed by atoms with van der Waals surface area (Å²) in [6.45, 7) is 0. The first-order valence-corrected chi connectivity index (χ1v) is 4.78. The molecule has 1 fully saturated rings. The first kappa shape index (κ1) is 9.86. The number of nitrogens with zero attached hydrogens (tertiary/aromatic N) is 1. The molecule has 0 aliphatic carbocycles. The maximum absolute atomic E-state index is 11.3. The van der Waals surface area contributed by atoms with Gasteiger partial charge in [-0.1, -0.05) is 30.3 Å². The molecule has 0 saturated carbocycles. The lowest BCUT2D eigenvalue weighted by molar-refractivity contribution is -0.149. The van der Waals surface area contributed by atoms with Gasteiger partial charge in [0.05, 0.1) is 0 Å². The summed E-state index contributed by atoms with van der Waals surface area (Å²) < 4.78 is 0. The number of rotatable bonds is 2. The molecule has 78 valence electrons. The molecule has 15 heavy (non-hydrogen) atoms. The van der Waals surface area contributed by atoms with Gasteiger partial charge in [-0.3, -0.25) is 14.5 Å². The van der Waals surface area contributed by atoms with E-state index in [2.05, 4.69) is 0 Å². The quantitative estimate of drug-likeness (QED) is 0.727. The Morgan fingerprint density at radius 2 is 1.60 bits per heavy atom. The van der Waals surface area contributed by atoms with E-state index in [9.17, 15) is 14.7 Å². The number of hydrogen-bond donors (Lipinski definition) is 1. The van der Waals surface area contributed by atoms with Gasteiger partial charge in [0.1, 0.15) is 0 Å². The van der Waals surface area contributed by atoms with Crippen molar-refractivity contribution in [2.75, 3.05) is 0 Å². The van der Waals surface area contributed by atoms with E-state index >= 15 is 0 Å². The number of benzene rings is 1. The Morgan fingerprint density at radius 1 is 1.07 bits per heavy atom. The van der Waals surface area contributed by atoms with Crippen molar-refractivity contribution < 1.29 is 14.7 Å². The lowest BCUT2D eigenvalue weighted by atomic mass is 10.2. The Bertz CT molecular complexity index is 372. The van der Waals surface area contributed by atoms with E-state index in [-0.39, 0.29) is 24.7 Å². The van der Waals surface area contributed by atoms with Gasteiger partial charge in [-0.05, 0) is 0 Å². The van der Waals surface area contributed by atoms with Crippen LogP contribution >= 0.6 is 0 Å². The minimum Gasteiger partial charge on any atom is -0.369 e. The smallest absolute Gasteiger partial charge is 0.232 e. The Kier molecular flexibility index (Phi) is 2.51. The van der Waals surface area contributed by atoms with E-state index in [1.807, 2.05) is 6.07 Å². The van der Waals surface area contributed by atoms with Crippen molar-refractivity contribution in [3.8, 4) is 0 Å². The maximum atomic E-state index is 11.3.